The quantitative estimate of drug-likeness (QED) is 0.556. The summed E-state index contributed by atoms with van der Waals surface area (Å²) in [6.07, 6.45) is -1.53. The number of hydrogen-bond donors (Lipinski definition) is 3. The molecule has 0 aliphatic carbocycles. The molecule has 5 nitrogen and oxygen atoms in total. The molecule has 0 bridgehead atoms. The second kappa shape index (κ2) is 6.64. The van der Waals surface area contributed by atoms with E-state index in [1.54, 1.807) is 19.1 Å². The van der Waals surface area contributed by atoms with Crippen molar-refractivity contribution in [2.45, 2.75) is 17.9 Å². The molecule has 0 amide bonds. The van der Waals surface area contributed by atoms with Crippen LogP contribution < -0.4 is 5.73 Å². The maximum atomic E-state index is 12.0. The Balaban J connectivity index is 2.71. The lowest BCUT2D eigenvalue weighted by molar-refractivity contribution is 0.0487. The molecular formula is C15H19NO4S. The standard InChI is InChI=1S/C15H19NO4S/c1-2-20-10-15(14(16)17,21(18)19)13-9-5-7-11-6-3-4-8-12(11)13/h3-9,14,17H,2,10,16H2,1H3,(H,18,19)/t14-,15+/m1/s1. The van der Waals surface area contributed by atoms with E-state index in [4.69, 9.17) is 10.5 Å². The van der Waals surface area contributed by atoms with Crippen molar-refractivity contribution in [3.8, 4) is 0 Å². The Kier molecular flexibility index (Phi) is 5.08. The Morgan fingerprint density at radius 3 is 2.57 bits per heavy atom. The first-order chi connectivity index (χ1) is 10.0. The van der Waals surface area contributed by atoms with E-state index in [0.717, 1.165) is 10.8 Å². The van der Waals surface area contributed by atoms with Gasteiger partial charge in [-0.2, -0.15) is 0 Å². The molecule has 21 heavy (non-hydrogen) atoms. The van der Waals surface area contributed by atoms with E-state index in [1.807, 2.05) is 30.3 Å². The SMILES string of the molecule is CCOC[C@](c1cccc2ccccc12)([C@H](N)O)S(=O)O. The van der Waals surface area contributed by atoms with Gasteiger partial charge in [-0.3, -0.25) is 0 Å². The van der Waals surface area contributed by atoms with Gasteiger partial charge in [0.2, 0.25) is 0 Å². The highest BCUT2D eigenvalue weighted by Crippen LogP contribution is 2.35. The molecule has 0 aromatic heterocycles. The van der Waals surface area contributed by atoms with Crippen LogP contribution in [-0.4, -0.2) is 33.3 Å². The minimum absolute atomic E-state index is 0.141. The van der Waals surface area contributed by atoms with Crippen LogP contribution in [0.2, 0.25) is 0 Å². The normalized spacial score (nSPS) is 17.3. The first-order valence-corrected chi connectivity index (χ1v) is 7.75. The molecule has 0 aliphatic heterocycles. The fourth-order valence-corrected chi connectivity index (χ4v) is 3.18. The van der Waals surface area contributed by atoms with Gasteiger partial charge in [0.15, 0.2) is 15.8 Å². The predicted molar refractivity (Wildman–Crippen MR) is 83.1 cm³/mol. The van der Waals surface area contributed by atoms with Gasteiger partial charge in [0.05, 0.1) is 6.61 Å². The average Bonchev–Trinajstić information content (AvgIpc) is 2.47. The van der Waals surface area contributed by atoms with E-state index in [0.29, 0.717) is 12.2 Å². The molecule has 2 aromatic carbocycles. The van der Waals surface area contributed by atoms with Crippen LogP contribution in [0.4, 0.5) is 0 Å². The minimum Gasteiger partial charge on any atom is -0.380 e. The highest BCUT2D eigenvalue weighted by Gasteiger charge is 2.45. The molecule has 2 aromatic rings. The summed E-state index contributed by atoms with van der Waals surface area (Å²) in [6.45, 7) is 1.99. The average molecular weight is 309 g/mol. The van der Waals surface area contributed by atoms with E-state index in [9.17, 15) is 13.9 Å². The summed E-state index contributed by atoms with van der Waals surface area (Å²) in [5.41, 5.74) is 6.16. The van der Waals surface area contributed by atoms with Crippen molar-refractivity contribution < 1.29 is 18.6 Å². The number of ether oxygens (including phenoxy) is 1. The molecule has 0 spiro atoms. The first kappa shape index (κ1) is 16.1. The van der Waals surface area contributed by atoms with Gasteiger partial charge in [0, 0.05) is 6.61 Å². The van der Waals surface area contributed by atoms with Crippen LogP contribution in [-0.2, 0) is 20.6 Å². The van der Waals surface area contributed by atoms with Crippen molar-refractivity contribution in [2.24, 2.45) is 5.73 Å². The fourth-order valence-electron chi connectivity index (χ4n) is 2.42. The largest absolute Gasteiger partial charge is 0.380 e. The highest BCUT2D eigenvalue weighted by molar-refractivity contribution is 7.80. The van der Waals surface area contributed by atoms with Gasteiger partial charge < -0.3 is 20.1 Å². The summed E-state index contributed by atoms with van der Waals surface area (Å²) in [6, 6.07) is 12.8. The lowest BCUT2D eigenvalue weighted by Crippen LogP contribution is -2.52. The van der Waals surface area contributed by atoms with Gasteiger partial charge in [0.1, 0.15) is 6.23 Å². The molecule has 0 heterocycles. The fraction of sp³-hybridized carbons (Fsp3) is 0.333. The van der Waals surface area contributed by atoms with Crippen LogP contribution in [0.25, 0.3) is 10.8 Å². The number of rotatable bonds is 6. The lowest BCUT2D eigenvalue weighted by Gasteiger charge is -2.33. The van der Waals surface area contributed by atoms with Crippen molar-refractivity contribution in [1.82, 2.24) is 0 Å². The number of fused-ring (bicyclic) bond motifs is 1. The van der Waals surface area contributed by atoms with Crippen LogP contribution >= 0.6 is 0 Å². The molecule has 1 unspecified atom stereocenters. The zero-order valence-electron chi connectivity index (χ0n) is 11.7. The van der Waals surface area contributed by atoms with Gasteiger partial charge in [-0.25, -0.2) is 4.21 Å². The zero-order chi connectivity index (χ0) is 15.5. The molecule has 0 saturated heterocycles. The van der Waals surface area contributed by atoms with Crippen LogP contribution in [0.3, 0.4) is 0 Å². The lowest BCUT2D eigenvalue weighted by atomic mass is 9.92. The maximum absolute atomic E-state index is 12.0. The van der Waals surface area contributed by atoms with E-state index in [-0.39, 0.29) is 6.61 Å². The Morgan fingerprint density at radius 1 is 1.29 bits per heavy atom. The smallest absolute Gasteiger partial charge is 0.170 e. The Bertz CT molecular complexity index is 641. The van der Waals surface area contributed by atoms with E-state index in [2.05, 4.69) is 0 Å². The van der Waals surface area contributed by atoms with Crippen LogP contribution in [0.5, 0.6) is 0 Å². The zero-order valence-corrected chi connectivity index (χ0v) is 12.5. The summed E-state index contributed by atoms with van der Waals surface area (Å²) in [5.74, 6) is 0. The maximum Gasteiger partial charge on any atom is 0.170 e. The number of aliphatic hydroxyl groups is 1. The molecule has 4 N–H and O–H groups in total. The van der Waals surface area contributed by atoms with E-state index < -0.39 is 22.1 Å². The van der Waals surface area contributed by atoms with Gasteiger partial charge >= 0.3 is 0 Å². The molecule has 2 rings (SSSR count). The Hall–Kier alpha value is -1.31. The summed E-state index contributed by atoms with van der Waals surface area (Å²) in [7, 11) is 0. The van der Waals surface area contributed by atoms with Crippen molar-refractivity contribution in [2.75, 3.05) is 13.2 Å². The van der Waals surface area contributed by atoms with Crippen molar-refractivity contribution in [1.29, 1.82) is 0 Å². The van der Waals surface area contributed by atoms with Crippen molar-refractivity contribution >= 4 is 21.9 Å². The van der Waals surface area contributed by atoms with Gasteiger partial charge in [-0.1, -0.05) is 42.5 Å². The Labute approximate surface area is 126 Å². The van der Waals surface area contributed by atoms with E-state index >= 15 is 0 Å². The number of aliphatic hydroxyl groups excluding tert-OH is 1. The molecule has 0 aliphatic rings. The van der Waals surface area contributed by atoms with Crippen molar-refractivity contribution in [3.63, 3.8) is 0 Å². The van der Waals surface area contributed by atoms with Crippen LogP contribution in [0.15, 0.2) is 42.5 Å². The molecule has 0 radical (unpaired) electrons. The molecule has 0 fully saturated rings. The predicted octanol–water partition coefficient (Wildman–Crippen LogP) is 1.57. The third-order valence-electron chi connectivity index (χ3n) is 3.56. The molecular weight excluding hydrogens is 290 g/mol. The monoisotopic (exact) mass is 309 g/mol. The molecule has 0 saturated carbocycles. The van der Waals surface area contributed by atoms with E-state index in [1.165, 1.54) is 0 Å². The minimum atomic E-state index is -2.40. The topological polar surface area (TPSA) is 92.8 Å². The highest BCUT2D eigenvalue weighted by atomic mass is 32.2. The number of benzene rings is 2. The van der Waals surface area contributed by atoms with Crippen LogP contribution in [0.1, 0.15) is 12.5 Å². The second-order valence-corrected chi connectivity index (χ2v) is 5.97. The first-order valence-electron chi connectivity index (χ1n) is 6.64. The summed E-state index contributed by atoms with van der Waals surface area (Å²) < 4.78 is 25.6. The molecule has 3 atom stereocenters. The summed E-state index contributed by atoms with van der Waals surface area (Å²) in [5, 5.41) is 11.7. The number of nitrogens with two attached hydrogens (primary N) is 1. The van der Waals surface area contributed by atoms with Gasteiger partial charge in [0.25, 0.3) is 0 Å². The Morgan fingerprint density at radius 2 is 1.95 bits per heavy atom. The van der Waals surface area contributed by atoms with Gasteiger partial charge in [-0.05, 0) is 23.3 Å². The summed E-state index contributed by atoms with van der Waals surface area (Å²) >= 11 is -2.40. The van der Waals surface area contributed by atoms with Crippen LogP contribution in [0, 0.1) is 0 Å². The second-order valence-electron chi connectivity index (χ2n) is 4.75. The van der Waals surface area contributed by atoms with Gasteiger partial charge in [-0.15, -0.1) is 0 Å². The third kappa shape index (κ3) is 2.86. The third-order valence-corrected chi connectivity index (χ3v) is 4.76. The molecule has 114 valence electrons. The molecule has 6 heteroatoms. The summed E-state index contributed by atoms with van der Waals surface area (Å²) in [4.78, 5) is 0. The van der Waals surface area contributed by atoms with Crippen molar-refractivity contribution in [3.05, 3.63) is 48.0 Å². The number of hydrogen-bond acceptors (Lipinski definition) is 4.